The molecule has 0 saturated heterocycles. The molecular weight excluding hydrogens is 366 g/mol. The maximum atomic E-state index is 5.86. The van der Waals surface area contributed by atoms with Crippen LogP contribution in [0.5, 0.6) is 0 Å². The summed E-state index contributed by atoms with van der Waals surface area (Å²) in [5.41, 5.74) is 4.35. The molecule has 0 aliphatic rings. The first-order valence-corrected chi connectivity index (χ1v) is 9.01. The first-order valence-electron chi connectivity index (χ1n) is 9.01. The molecule has 0 N–H and O–H groups in total. The monoisotopic (exact) mass is 381 g/mol. The Hall–Kier alpha value is -4.13. The Bertz CT molecular complexity index is 1260. The van der Waals surface area contributed by atoms with Gasteiger partial charge in [0.15, 0.2) is 0 Å². The Morgan fingerprint density at radius 1 is 0.586 bits per heavy atom. The van der Waals surface area contributed by atoms with Crippen molar-refractivity contribution in [2.45, 2.75) is 6.92 Å². The SMILES string of the molecule is Cc1ccc(-c2nnc(-c3cccc(-c4nnc(-c5cccnc5)o4)c3)o2)cc1. The fourth-order valence-electron chi connectivity index (χ4n) is 2.88. The lowest BCUT2D eigenvalue weighted by molar-refractivity contribution is 0.582. The van der Waals surface area contributed by atoms with E-state index in [0.29, 0.717) is 23.6 Å². The van der Waals surface area contributed by atoms with Crippen LogP contribution in [0, 0.1) is 6.92 Å². The number of nitrogens with zero attached hydrogens (tertiary/aromatic N) is 5. The highest BCUT2D eigenvalue weighted by Gasteiger charge is 2.14. The second kappa shape index (κ2) is 7.12. The zero-order chi connectivity index (χ0) is 19.6. The molecular formula is C22H15N5O2. The number of rotatable bonds is 4. The van der Waals surface area contributed by atoms with Crippen molar-refractivity contribution in [3.63, 3.8) is 0 Å². The third-order valence-electron chi connectivity index (χ3n) is 4.41. The summed E-state index contributed by atoms with van der Waals surface area (Å²) in [5.74, 6) is 1.72. The van der Waals surface area contributed by atoms with Gasteiger partial charge < -0.3 is 8.83 Å². The summed E-state index contributed by atoms with van der Waals surface area (Å²) in [4.78, 5) is 4.07. The van der Waals surface area contributed by atoms with E-state index in [1.807, 2.05) is 67.6 Å². The van der Waals surface area contributed by atoms with Gasteiger partial charge in [-0.05, 0) is 49.4 Å². The number of aryl methyl sites for hydroxylation is 1. The van der Waals surface area contributed by atoms with Crippen LogP contribution in [-0.4, -0.2) is 25.4 Å². The van der Waals surface area contributed by atoms with Crippen molar-refractivity contribution >= 4 is 0 Å². The van der Waals surface area contributed by atoms with Gasteiger partial charge in [-0.3, -0.25) is 4.98 Å². The normalized spacial score (nSPS) is 10.9. The molecule has 140 valence electrons. The van der Waals surface area contributed by atoms with Crippen molar-refractivity contribution in [1.82, 2.24) is 25.4 Å². The van der Waals surface area contributed by atoms with Gasteiger partial charge in [-0.2, -0.15) is 0 Å². The van der Waals surface area contributed by atoms with Gasteiger partial charge in [0.1, 0.15) is 0 Å². The van der Waals surface area contributed by atoms with Crippen LogP contribution in [0.25, 0.3) is 45.8 Å². The molecule has 29 heavy (non-hydrogen) atoms. The summed E-state index contributed by atoms with van der Waals surface area (Å²) in [7, 11) is 0. The molecule has 0 atom stereocenters. The summed E-state index contributed by atoms with van der Waals surface area (Å²) in [6, 6.07) is 19.2. The number of pyridine rings is 1. The van der Waals surface area contributed by atoms with E-state index in [9.17, 15) is 0 Å². The molecule has 0 aliphatic heterocycles. The summed E-state index contributed by atoms with van der Waals surface area (Å²) >= 11 is 0. The highest BCUT2D eigenvalue weighted by atomic mass is 16.4. The standard InChI is InChI=1S/C22H15N5O2/c1-14-7-9-15(10-8-14)19-24-25-20(28-19)16-4-2-5-17(12-16)21-26-27-22(29-21)18-6-3-11-23-13-18/h2-13H,1H3. The number of hydrogen-bond donors (Lipinski definition) is 0. The molecule has 0 aliphatic carbocycles. The minimum absolute atomic E-state index is 0.406. The maximum absolute atomic E-state index is 5.86. The van der Waals surface area contributed by atoms with E-state index in [-0.39, 0.29) is 0 Å². The van der Waals surface area contributed by atoms with Crippen molar-refractivity contribution in [2.24, 2.45) is 0 Å². The van der Waals surface area contributed by atoms with Crippen molar-refractivity contribution in [3.8, 4) is 45.8 Å². The van der Waals surface area contributed by atoms with Crippen molar-refractivity contribution in [2.75, 3.05) is 0 Å². The molecule has 7 heteroatoms. The quantitative estimate of drug-likeness (QED) is 0.440. The van der Waals surface area contributed by atoms with Crippen LogP contribution in [0.15, 0.2) is 81.9 Å². The molecule has 5 aromatic rings. The third-order valence-corrected chi connectivity index (χ3v) is 4.41. The van der Waals surface area contributed by atoms with Gasteiger partial charge in [0.2, 0.25) is 23.6 Å². The van der Waals surface area contributed by atoms with Crippen molar-refractivity contribution < 1.29 is 8.83 Å². The van der Waals surface area contributed by atoms with Gasteiger partial charge in [0.05, 0.1) is 5.56 Å². The smallest absolute Gasteiger partial charge is 0.249 e. The predicted octanol–water partition coefficient (Wildman–Crippen LogP) is 4.82. The number of aromatic nitrogens is 5. The Labute approximate surface area is 166 Å². The van der Waals surface area contributed by atoms with E-state index in [1.165, 1.54) is 5.56 Å². The lowest BCUT2D eigenvalue weighted by Crippen LogP contribution is -1.82. The lowest BCUT2D eigenvalue weighted by Gasteiger charge is -1.99. The predicted molar refractivity (Wildman–Crippen MR) is 106 cm³/mol. The van der Waals surface area contributed by atoms with Gasteiger partial charge >= 0.3 is 0 Å². The summed E-state index contributed by atoms with van der Waals surface area (Å²) in [6.07, 6.45) is 3.37. The Morgan fingerprint density at radius 3 is 1.72 bits per heavy atom. The van der Waals surface area contributed by atoms with Crippen molar-refractivity contribution in [1.29, 1.82) is 0 Å². The van der Waals surface area contributed by atoms with Gasteiger partial charge in [-0.15, -0.1) is 20.4 Å². The van der Waals surface area contributed by atoms with Crippen LogP contribution in [0.2, 0.25) is 0 Å². The topological polar surface area (TPSA) is 90.7 Å². The van der Waals surface area contributed by atoms with Crippen LogP contribution in [-0.2, 0) is 0 Å². The Balaban J connectivity index is 1.45. The molecule has 0 bridgehead atoms. The molecule has 0 amide bonds. The first kappa shape index (κ1) is 17.0. The van der Waals surface area contributed by atoms with Gasteiger partial charge in [-0.1, -0.05) is 23.8 Å². The van der Waals surface area contributed by atoms with E-state index in [0.717, 1.165) is 22.3 Å². The van der Waals surface area contributed by atoms with Crippen LogP contribution >= 0.6 is 0 Å². The van der Waals surface area contributed by atoms with E-state index < -0.39 is 0 Å². The molecule has 0 unspecified atom stereocenters. The maximum Gasteiger partial charge on any atom is 0.249 e. The lowest BCUT2D eigenvalue weighted by atomic mass is 10.1. The molecule has 0 saturated carbocycles. The zero-order valence-electron chi connectivity index (χ0n) is 15.5. The van der Waals surface area contributed by atoms with Gasteiger partial charge in [0.25, 0.3) is 0 Å². The van der Waals surface area contributed by atoms with E-state index in [1.54, 1.807) is 12.4 Å². The van der Waals surface area contributed by atoms with Crippen molar-refractivity contribution in [3.05, 3.63) is 78.6 Å². The number of hydrogen-bond acceptors (Lipinski definition) is 7. The second-order valence-corrected chi connectivity index (χ2v) is 6.51. The zero-order valence-corrected chi connectivity index (χ0v) is 15.5. The molecule has 3 aromatic heterocycles. The summed E-state index contributed by atoms with van der Waals surface area (Å²) in [6.45, 7) is 2.03. The summed E-state index contributed by atoms with van der Waals surface area (Å²) in [5, 5.41) is 16.6. The molecule has 7 nitrogen and oxygen atoms in total. The van der Waals surface area contributed by atoms with Crippen LogP contribution in [0.4, 0.5) is 0 Å². The van der Waals surface area contributed by atoms with Crippen LogP contribution in [0.1, 0.15) is 5.56 Å². The molecule has 0 fully saturated rings. The fourth-order valence-corrected chi connectivity index (χ4v) is 2.88. The highest BCUT2D eigenvalue weighted by molar-refractivity contribution is 5.66. The van der Waals surface area contributed by atoms with E-state index in [4.69, 9.17) is 8.83 Å². The minimum atomic E-state index is 0.406. The number of benzene rings is 2. The highest BCUT2D eigenvalue weighted by Crippen LogP contribution is 2.29. The largest absolute Gasteiger partial charge is 0.416 e. The molecule has 0 spiro atoms. The Kier molecular flexibility index (Phi) is 4.18. The second-order valence-electron chi connectivity index (χ2n) is 6.51. The Morgan fingerprint density at radius 2 is 1.14 bits per heavy atom. The molecule has 5 rings (SSSR count). The minimum Gasteiger partial charge on any atom is -0.416 e. The average Bonchev–Trinajstić information content (AvgIpc) is 3.46. The molecule has 0 radical (unpaired) electrons. The van der Waals surface area contributed by atoms with Crippen LogP contribution in [0.3, 0.4) is 0 Å². The first-order chi connectivity index (χ1) is 14.3. The average molecular weight is 381 g/mol. The molecule has 2 aromatic carbocycles. The summed E-state index contributed by atoms with van der Waals surface area (Å²) < 4.78 is 11.7. The molecule has 3 heterocycles. The van der Waals surface area contributed by atoms with Gasteiger partial charge in [0, 0.05) is 29.1 Å². The third kappa shape index (κ3) is 3.41. The van der Waals surface area contributed by atoms with Gasteiger partial charge in [-0.25, -0.2) is 0 Å². The van der Waals surface area contributed by atoms with E-state index in [2.05, 4.69) is 25.4 Å². The fraction of sp³-hybridized carbons (Fsp3) is 0.0455. The van der Waals surface area contributed by atoms with E-state index >= 15 is 0 Å². The van der Waals surface area contributed by atoms with Crippen LogP contribution < -0.4 is 0 Å².